The lowest BCUT2D eigenvalue weighted by molar-refractivity contribution is -0.132. The van der Waals surface area contributed by atoms with Gasteiger partial charge in [-0.15, -0.1) is 10.2 Å². The molecule has 1 aliphatic heterocycles. The van der Waals surface area contributed by atoms with Gasteiger partial charge in [-0.3, -0.25) is 4.79 Å². The van der Waals surface area contributed by atoms with Gasteiger partial charge in [-0.25, -0.2) is 0 Å². The summed E-state index contributed by atoms with van der Waals surface area (Å²) in [5.41, 5.74) is 0.736. The molecule has 1 aromatic heterocycles. The van der Waals surface area contributed by atoms with E-state index in [2.05, 4.69) is 17.1 Å². The number of amides is 1. The molecule has 0 spiro atoms. The number of methoxy groups -OCH3 is 2. The number of hydrogen-bond acceptors (Lipinski definition) is 7. The largest absolute Gasteiger partial charge is 0.493 e. The third kappa shape index (κ3) is 4.55. The van der Waals surface area contributed by atoms with Crippen LogP contribution in [0.1, 0.15) is 32.6 Å². The summed E-state index contributed by atoms with van der Waals surface area (Å²) >= 11 is 1.28. The molecule has 1 aliphatic rings. The number of aromatic nitrogens is 2. The number of carbonyl (C=O) groups is 1. The minimum atomic E-state index is 0.136. The molecule has 0 unspecified atom stereocenters. The first-order chi connectivity index (χ1) is 13.2. The summed E-state index contributed by atoms with van der Waals surface area (Å²) in [5, 5.41) is 8.52. The summed E-state index contributed by atoms with van der Waals surface area (Å²) in [6, 6.07) is 5.76. The van der Waals surface area contributed by atoms with Gasteiger partial charge in [-0.2, -0.15) is 0 Å². The van der Waals surface area contributed by atoms with Crippen molar-refractivity contribution in [2.45, 2.75) is 43.9 Å². The second-order valence-corrected chi connectivity index (χ2v) is 7.30. The van der Waals surface area contributed by atoms with E-state index in [1.165, 1.54) is 18.2 Å². The van der Waals surface area contributed by atoms with E-state index in [0.717, 1.165) is 31.4 Å². The van der Waals surface area contributed by atoms with E-state index >= 15 is 0 Å². The minimum absolute atomic E-state index is 0.136. The third-order valence-corrected chi connectivity index (χ3v) is 5.58. The molecule has 0 bridgehead atoms. The van der Waals surface area contributed by atoms with Gasteiger partial charge in [0.05, 0.1) is 20.0 Å². The molecule has 0 aliphatic carbocycles. The fraction of sp³-hybridized carbons (Fsp3) is 0.526. The molecular weight excluding hydrogens is 366 g/mol. The third-order valence-electron chi connectivity index (χ3n) is 4.77. The Labute approximate surface area is 163 Å². The van der Waals surface area contributed by atoms with Crippen molar-refractivity contribution in [3.8, 4) is 23.0 Å². The van der Waals surface area contributed by atoms with Crippen LogP contribution in [0.2, 0.25) is 0 Å². The highest BCUT2D eigenvalue weighted by Gasteiger charge is 2.25. The van der Waals surface area contributed by atoms with Crippen molar-refractivity contribution in [3.63, 3.8) is 0 Å². The average Bonchev–Trinajstić information content (AvgIpc) is 3.20. The van der Waals surface area contributed by atoms with Crippen molar-refractivity contribution in [2.24, 2.45) is 0 Å². The second kappa shape index (κ2) is 9.12. The van der Waals surface area contributed by atoms with Crippen LogP contribution >= 0.6 is 11.8 Å². The summed E-state index contributed by atoms with van der Waals surface area (Å²) in [6.45, 7) is 2.98. The maximum absolute atomic E-state index is 12.6. The van der Waals surface area contributed by atoms with Crippen LogP contribution in [0.15, 0.2) is 27.8 Å². The lowest BCUT2D eigenvalue weighted by Crippen LogP contribution is -2.44. The Morgan fingerprint density at radius 2 is 2.07 bits per heavy atom. The Morgan fingerprint density at radius 1 is 1.26 bits per heavy atom. The van der Waals surface area contributed by atoms with Crippen molar-refractivity contribution in [1.82, 2.24) is 15.1 Å². The van der Waals surface area contributed by atoms with Gasteiger partial charge in [0, 0.05) is 18.2 Å². The Bertz CT molecular complexity index is 780. The van der Waals surface area contributed by atoms with Gasteiger partial charge in [0.25, 0.3) is 5.22 Å². The number of benzene rings is 1. The molecule has 0 radical (unpaired) electrons. The van der Waals surface area contributed by atoms with Crippen LogP contribution in [-0.2, 0) is 4.79 Å². The summed E-state index contributed by atoms with van der Waals surface area (Å²) in [5.74, 6) is 2.05. The molecule has 2 aromatic rings. The molecule has 8 heteroatoms. The topological polar surface area (TPSA) is 77.7 Å². The highest BCUT2D eigenvalue weighted by Crippen LogP contribution is 2.32. The van der Waals surface area contributed by atoms with E-state index in [0.29, 0.717) is 34.4 Å². The molecule has 1 fully saturated rings. The molecule has 1 saturated heterocycles. The second-order valence-electron chi connectivity index (χ2n) is 6.38. The van der Waals surface area contributed by atoms with E-state index in [1.807, 2.05) is 11.0 Å². The molecule has 1 aromatic carbocycles. The summed E-state index contributed by atoms with van der Waals surface area (Å²) in [4.78, 5) is 14.6. The zero-order valence-electron chi connectivity index (χ0n) is 15.9. The quantitative estimate of drug-likeness (QED) is 0.667. The predicted octanol–water partition coefficient (Wildman–Crippen LogP) is 3.64. The summed E-state index contributed by atoms with van der Waals surface area (Å²) in [7, 11) is 3.16. The van der Waals surface area contributed by atoms with E-state index in [4.69, 9.17) is 13.9 Å². The predicted molar refractivity (Wildman–Crippen MR) is 103 cm³/mol. The van der Waals surface area contributed by atoms with E-state index < -0.39 is 0 Å². The number of nitrogens with zero attached hydrogens (tertiary/aromatic N) is 3. The van der Waals surface area contributed by atoms with Gasteiger partial charge in [0.15, 0.2) is 11.5 Å². The van der Waals surface area contributed by atoms with E-state index in [9.17, 15) is 4.79 Å². The fourth-order valence-corrected chi connectivity index (χ4v) is 3.96. The smallest absolute Gasteiger partial charge is 0.277 e. The lowest BCUT2D eigenvalue weighted by Gasteiger charge is -2.35. The van der Waals surface area contributed by atoms with Crippen molar-refractivity contribution in [3.05, 3.63) is 18.2 Å². The Balaban J connectivity index is 1.63. The van der Waals surface area contributed by atoms with Crippen LogP contribution in [-0.4, -0.2) is 53.6 Å². The molecule has 0 saturated carbocycles. The van der Waals surface area contributed by atoms with Crippen molar-refractivity contribution in [2.75, 3.05) is 26.5 Å². The van der Waals surface area contributed by atoms with Crippen molar-refractivity contribution < 1.29 is 18.7 Å². The first-order valence-corrected chi connectivity index (χ1v) is 10.1. The summed E-state index contributed by atoms with van der Waals surface area (Å²) in [6.07, 6.45) is 4.38. The molecule has 2 heterocycles. The SMILES string of the molecule is CC[C@@H]1CCCCN1C(=O)CSc1nnc(-c2ccc(OC)c(OC)c2)o1. The summed E-state index contributed by atoms with van der Waals surface area (Å²) < 4.78 is 16.2. The molecule has 0 N–H and O–H groups in total. The van der Waals surface area contributed by atoms with E-state index in [-0.39, 0.29) is 5.91 Å². The maximum atomic E-state index is 12.6. The molecule has 27 heavy (non-hydrogen) atoms. The molecular formula is C19H25N3O4S. The van der Waals surface area contributed by atoms with Gasteiger partial charge >= 0.3 is 0 Å². The molecule has 1 atom stereocenters. The zero-order valence-corrected chi connectivity index (χ0v) is 16.8. The van der Waals surface area contributed by atoms with E-state index in [1.54, 1.807) is 26.4 Å². The number of thioether (sulfide) groups is 1. The first kappa shape index (κ1) is 19.5. The van der Waals surface area contributed by atoms with Crippen LogP contribution in [0.3, 0.4) is 0 Å². The number of likely N-dealkylation sites (tertiary alicyclic amines) is 1. The number of rotatable bonds is 7. The van der Waals surface area contributed by atoms with Gasteiger partial charge in [0.2, 0.25) is 11.8 Å². The van der Waals surface area contributed by atoms with Crippen molar-refractivity contribution in [1.29, 1.82) is 0 Å². The minimum Gasteiger partial charge on any atom is -0.493 e. The highest BCUT2D eigenvalue weighted by molar-refractivity contribution is 7.99. The van der Waals surface area contributed by atoms with Crippen molar-refractivity contribution >= 4 is 17.7 Å². The fourth-order valence-electron chi connectivity index (χ4n) is 3.31. The lowest BCUT2D eigenvalue weighted by atomic mass is 10.0. The Kier molecular flexibility index (Phi) is 6.60. The van der Waals surface area contributed by atoms with Crippen LogP contribution in [0.25, 0.3) is 11.5 Å². The Hall–Kier alpha value is -2.22. The van der Waals surface area contributed by atoms with Gasteiger partial charge < -0.3 is 18.8 Å². The average molecular weight is 391 g/mol. The van der Waals surface area contributed by atoms with Gasteiger partial charge in [-0.05, 0) is 43.9 Å². The standard InChI is InChI=1S/C19H25N3O4S/c1-4-14-7-5-6-10-22(14)17(23)12-27-19-21-20-18(26-19)13-8-9-15(24-2)16(11-13)25-3/h8-9,11,14H,4-7,10,12H2,1-3H3/t14-/m1/s1. The van der Waals surface area contributed by atoms with Crippen LogP contribution in [0, 0.1) is 0 Å². The number of hydrogen-bond donors (Lipinski definition) is 0. The van der Waals surface area contributed by atoms with Gasteiger partial charge in [-0.1, -0.05) is 18.7 Å². The van der Waals surface area contributed by atoms with Crippen LogP contribution in [0.4, 0.5) is 0 Å². The maximum Gasteiger partial charge on any atom is 0.277 e. The number of ether oxygens (including phenoxy) is 2. The number of piperidine rings is 1. The zero-order chi connectivity index (χ0) is 19.2. The normalized spacial score (nSPS) is 17.0. The molecule has 3 rings (SSSR count). The monoisotopic (exact) mass is 391 g/mol. The molecule has 1 amide bonds. The van der Waals surface area contributed by atoms with Crippen LogP contribution < -0.4 is 9.47 Å². The van der Waals surface area contributed by atoms with Gasteiger partial charge in [0.1, 0.15) is 0 Å². The highest BCUT2D eigenvalue weighted by atomic mass is 32.2. The Morgan fingerprint density at radius 3 is 2.81 bits per heavy atom. The first-order valence-electron chi connectivity index (χ1n) is 9.14. The van der Waals surface area contributed by atoms with Crippen LogP contribution in [0.5, 0.6) is 11.5 Å². The number of carbonyl (C=O) groups excluding carboxylic acids is 1. The molecule has 7 nitrogen and oxygen atoms in total. The molecule has 146 valence electrons.